The van der Waals surface area contributed by atoms with Gasteiger partial charge in [-0.1, -0.05) is 30.9 Å². The van der Waals surface area contributed by atoms with Crippen LogP contribution in [0.2, 0.25) is 0 Å². The maximum absolute atomic E-state index is 13.3. The number of aromatic nitrogens is 3. The van der Waals surface area contributed by atoms with E-state index in [1.807, 2.05) is 0 Å². The molecule has 0 aliphatic heterocycles. The first-order valence-electron chi connectivity index (χ1n) is 13.0. The third kappa shape index (κ3) is 3.86. The van der Waals surface area contributed by atoms with E-state index >= 15 is 0 Å². The van der Waals surface area contributed by atoms with Crippen molar-refractivity contribution < 1.29 is 15.0 Å². The molecular weight excluding hydrogens is 414 g/mol. The number of carbonyl (C=O) groups excluding carboxylic acids is 1. The van der Waals surface area contributed by atoms with E-state index in [-0.39, 0.29) is 23.4 Å². The summed E-state index contributed by atoms with van der Waals surface area (Å²) in [6.07, 6.45) is 13.3. The molecule has 1 aromatic heterocycles. The first-order chi connectivity index (χ1) is 15.8. The van der Waals surface area contributed by atoms with Crippen molar-refractivity contribution in [3.63, 3.8) is 0 Å². The van der Waals surface area contributed by atoms with Crippen LogP contribution >= 0.6 is 0 Å². The molecular formula is C27H39N3O3. The molecule has 6 nitrogen and oxygen atoms in total. The highest BCUT2D eigenvalue weighted by molar-refractivity contribution is 5.82. The average Bonchev–Trinajstić information content (AvgIpc) is 3.41. The first-order valence-corrected chi connectivity index (χ1v) is 13.0. The van der Waals surface area contributed by atoms with Crippen molar-refractivity contribution in [3.05, 3.63) is 12.4 Å². The van der Waals surface area contributed by atoms with Crippen LogP contribution in [0.4, 0.5) is 0 Å². The van der Waals surface area contributed by atoms with Gasteiger partial charge < -0.3 is 10.2 Å². The van der Waals surface area contributed by atoms with Gasteiger partial charge in [-0.15, -0.1) is 5.10 Å². The smallest absolute Gasteiger partial charge is 0.157 e. The minimum Gasteiger partial charge on any atom is -0.395 e. The molecule has 4 saturated carbocycles. The summed E-state index contributed by atoms with van der Waals surface area (Å²) in [6.45, 7) is 5.28. The van der Waals surface area contributed by atoms with Gasteiger partial charge in [-0.3, -0.25) is 4.79 Å². The Morgan fingerprint density at radius 1 is 1.09 bits per heavy atom. The molecule has 33 heavy (non-hydrogen) atoms. The number of hydrogen-bond donors (Lipinski definition) is 2. The molecule has 0 spiro atoms. The Labute approximate surface area is 197 Å². The highest BCUT2D eigenvalue weighted by Gasteiger charge is 2.62. The summed E-state index contributed by atoms with van der Waals surface area (Å²) >= 11 is 0. The van der Waals surface area contributed by atoms with Crippen molar-refractivity contribution in [1.82, 2.24) is 15.0 Å². The van der Waals surface area contributed by atoms with E-state index in [4.69, 9.17) is 5.11 Å². The zero-order valence-corrected chi connectivity index (χ0v) is 20.2. The Hall–Kier alpha value is -1.71. The lowest BCUT2D eigenvalue weighted by molar-refractivity contribution is -0.145. The van der Waals surface area contributed by atoms with Crippen LogP contribution in [-0.2, 0) is 11.3 Å². The number of aliphatic hydroxyl groups is 2. The standard InChI is InChI=1S/C27H39N3O3/c1-25-12-13-27(33,10-3-4-16-31)17-19(25)5-6-20-21-7-8-23(26(21,2)11-9-22(20)25)24(32)18-30-15-14-28-29-30/h14-15,19-23,31,33H,4-9,11-13,16-18H2,1-2H3/t19-,20+,21+,22+,23-,25+,26+,27-/m1/s1. The minimum absolute atomic E-state index is 0.0520. The van der Waals surface area contributed by atoms with Crippen LogP contribution < -0.4 is 0 Å². The van der Waals surface area contributed by atoms with Crippen molar-refractivity contribution in [3.8, 4) is 11.8 Å². The number of carbonyl (C=O) groups is 1. The third-order valence-electron chi connectivity index (χ3n) is 10.5. The summed E-state index contributed by atoms with van der Waals surface area (Å²) in [5.74, 6) is 9.07. The predicted molar refractivity (Wildman–Crippen MR) is 125 cm³/mol. The monoisotopic (exact) mass is 453 g/mol. The molecule has 1 heterocycles. The highest BCUT2D eigenvalue weighted by atomic mass is 16.3. The molecule has 1 aromatic rings. The molecule has 4 aliphatic carbocycles. The molecule has 0 unspecified atom stereocenters. The third-order valence-corrected chi connectivity index (χ3v) is 10.5. The molecule has 6 heteroatoms. The van der Waals surface area contributed by atoms with Crippen molar-refractivity contribution >= 4 is 5.78 Å². The summed E-state index contributed by atoms with van der Waals surface area (Å²) in [4.78, 5) is 13.3. The van der Waals surface area contributed by atoms with E-state index in [0.717, 1.165) is 38.5 Å². The Bertz CT molecular complexity index is 936. The largest absolute Gasteiger partial charge is 0.395 e. The van der Waals surface area contributed by atoms with E-state index in [1.165, 1.54) is 19.3 Å². The van der Waals surface area contributed by atoms with Crippen LogP contribution in [0.25, 0.3) is 0 Å². The van der Waals surface area contributed by atoms with Crippen molar-refractivity contribution in [2.45, 2.75) is 90.2 Å². The van der Waals surface area contributed by atoms with Crippen LogP contribution in [-0.4, -0.2) is 43.2 Å². The number of fused-ring (bicyclic) bond motifs is 5. The summed E-state index contributed by atoms with van der Waals surface area (Å²) in [5.41, 5.74) is -0.521. The van der Waals surface area contributed by atoms with Gasteiger partial charge in [0.05, 0.1) is 12.8 Å². The Morgan fingerprint density at radius 2 is 1.91 bits per heavy atom. The average molecular weight is 454 g/mol. The number of nitrogens with zero attached hydrogens (tertiary/aromatic N) is 3. The number of rotatable bonds is 4. The number of Topliss-reactive ketones (excluding diaryl/α,β-unsaturated/α-hetero) is 1. The van der Waals surface area contributed by atoms with Crippen LogP contribution in [0, 0.1) is 52.3 Å². The quantitative estimate of drug-likeness (QED) is 0.680. The van der Waals surface area contributed by atoms with Gasteiger partial charge in [0.1, 0.15) is 12.1 Å². The minimum atomic E-state index is -0.887. The van der Waals surface area contributed by atoms with Gasteiger partial charge in [0, 0.05) is 18.5 Å². The van der Waals surface area contributed by atoms with Gasteiger partial charge in [-0.05, 0) is 92.3 Å². The molecule has 0 bridgehead atoms. The lowest BCUT2D eigenvalue weighted by Crippen LogP contribution is -2.56. The van der Waals surface area contributed by atoms with E-state index in [9.17, 15) is 9.90 Å². The van der Waals surface area contributed by atoms with Crippen LogP contribution in [0.3, 0.4) is 0 Å². The molecule has 8 atom stereocenters. The molecule has 0 saturated heterocycles. The SMILES string of the molecule is C[C@]12CC[C@](O)(C#CCCO)C[C@H]1CC[C@@H]1[C@@H]2CC[C@]2(C)[C@@H](C(=O)Cn3ccnn3)CC[C@@H]12. The zero-order valence-electron chi connectivity index (χ0n) is 20.2. The Balaban J connectivity index is 1.31. The summed E-state index contributed by atoms with van der Waals surface area (Å²) in [6, 6.07) is 0. The van der Waals surface area contributed by atoms with Gasteiger partial charge in [0.2, 0.25) is 0 Å². The Kier molecular flexibility index (Phi) is 5.94. The number of aliphatic hydroxyl groups excluding tert-OH is 1. The molecule has 0 aromatic carbocycles. The molecule has 4 aliphatic rings. The second kappa shape index (κ2) is 8.50. The van der Waals surface area contributed by atoms with Gasteiger partial charge in [-0.2, -0.15) is 0 Å². The second-order valence-electron chi connectivity index (χ2n) is 11.9. The number of ketones is 1. The van der Waals surface area contributed by atoms with Crippen molar-refractivity contribution in [2.24, 2.45) is 40.4 Å². The first kappa shape index (κ1) is 23.1. The molecule has 5 rings (SSSR count). The zero-order chi connectivity index (χ0) is 23.3. The van der Waals surface area contributed by atoms with Crippen LogP contribution in [0.15, 0.2) is 12.4 Å². The van der Waals surface area contributed by atoms with Crippen molar-refractivity contribution in [2.75, 3.05) is 6.61 Å². The maximum Gasteiger partial charge on any atom is 0.157 e. The second-order valence-corrected chi connectivity index (χ2v) is 11.9. The summed E-state index contributed by atoms with van der Waals surface area (Å²) in [7, 11) is 0. The lowest BCUT2D eigenvalue weighted by Gasteiger charge is -2.61. The normalized spacial score (nSPS) is 44.2. The molecule has 4 fully saturated rings. The summed E-state index contributed by atoms with van der Waals surface area (Å²) in [5, 5.41) is 28.0. The van der Waals surface area contributed by atoms with Gasteiger partial charge in [-0.25, -0.2) is 4.68 Å². The van der Waals surface area contributed by atoms with Crippen LogP contribution in [0.1, 0.15) is 78.1 Å². The molecule has 0 radical (unpaired) electrons. The topological polar surface area (TPSA) is 88.2 Å². The van der Waals surface area contributed by atoms with Crippen molar-refractivity contribution in [1.29, 1.82) is 0 Å². The highest BCUT2D eigenvalue weighted by Crippen LogP contribution is 2.68. The van der Waals surface area contributed by atoms with E-state index in [2.05, 4.69) is 36.0 Å². The lowest BCUT2D eigenvalue weighted by atomic mass is 9.44. The van der Waals surface area contributed by atoms with E-state index < -0.39 is 5.60 Å². The maximum atomic E-state index is 13.3. The van der Waals surface area contributed by atoms with E-state index in [0.29, 0.717) is 42.4 Å². The molecule has 180 valence electrons. The van der Waals surface area contributed by atoms with Crippen LogP contribution in [0.5, 0.6) is 0 Å². The number of hydrogen-bond acceptors (Lipinski definition) is 5. The predicted octanol–water partition coefficient (Wildman–Crippen LogP) is 3.62. The molecule has 2 N–H and O–H groups in total. The van der Waals surface area contributed by atoms with E-state index in [1.54, 1.807) is 17.1 Å². The van der Waals surface area contributed by atoms with Gasteiger partial charge >= 0.3 is 0 Å². The fourth-order valence-corrected chi connectivity index (χ4v) is 8.76. The van der Waals surface area contributed by atoms with Gasteiger partial charge in [0.25, 0.3) is 0 Å². The fraction of sp³-hybridized carbons (Fsp3) is 0.815. The van der Waals surface area contributed by atoms with Gasteiger partial charge in [0.15, 0.2) is 5.78 Å². The fourth-order valence-electron chi connectivity index (χ4n) is 8.76. The molecule has 0 amide bonds. The Morgan fingerprint density at radius 3 is 2.67 bits per heavy atom. The summed E-state index contributed by atoms with van der Waals surface area (Å²) < 4.78 is 1.67.